The highest BCUT2D eigenvalue weighted by Gasteiger charge is 2.13. The summed E-state index contributed by atoms with van der Waals surface area (Å²) in [6.45, 7) is 3.68. The van der Waals surface area contributed by atoms with Crippen LogP contribution in [0.5, 0.6) is 5.75 Å². The van der Waals surface area contributed by atoms with Gasteiger partial charge in [0, 0.05) is 4.47 Å². The zero-order valence-electron chi connectivity index (χ0n) is 11.4. The molecule has 0 atom stereocenters. The zero-order valence-corrected chi connectivity index (χ0v) is 12.9. The van der Waals surface area contributed by atoms with E-state index in [0.717, 1.165) is 21.4 Å². The summed E-state index contributed by atoms with van der Waals surface area (Å²) >= 11 is 3.40. The van der Waals surface area contributed by atoms with E-state index in [2.05, 4.69) is 37.5 Å². The van der Waals surface area contributed by atoms with Crippen molar-refractivity contribution in [1.82, 2.24) is 10.2 Å². The van der Waals surface area contributed by atoms with Gasteiger partial charge in [-0.2, -0.15) is 10.4 Å². The molecule has 0 spiro atoms. The molecular weight excluding hydrogens is 320 g/mol. The predicted molar refractivity (Wildman–Crippen MR) is 80.2 cm³/mol. The third-order valence-corrected chi connectivity index (χ3v) is 3.47. The van der Waals surface area contributed by atoms with Gasteiger partial charge in [-0.15, -0.1) is 5.10 Å². The highest BCUT2D eigenvalue weighted by molar-refractivity contribution is 9.10. The molecule has 2 aromatic rings. The predicted octanol–water partition coefficient (Wildman–Crippen LogP) is 3.48. The van der Waals surface area contributed by atoms with Crippen LogP contribution in [0.25, 0.3) is 0 Å². The normalized spacial score (nSPS) is 9.95. The van der Waals surface area contributed by atoms with Crippen molar-refractivity contribution in [3.63, 3.8) is 0 Å². The van der Waals surface area contributed by atoms with E-state index in [9.17, 15) is 5.26 Å². The summed E-state index contributed by atoms with van der Waals surface area (Å²) in [5.74, 6) is 1.09. The molecular formula is C14H13BrN4O. The molecule has 6 heteroatoms. The average Bonchev–Trinajstić information content (AvgIpc) is 2.43. The second kappa shape index (κ2) is 5.88. The lowest BCUT2D eigenvalue weighted by Gasteiger charge is -2.13. The Morgan fingerprint density at radius 2 is 2.05 bits per heavy atom. The third kappa shape index (κ3) is 2.73. The lowest BCUT2D eigenvalue weighted by Crippen LogP contribution is -2.04. The minimum Gasteiger partial charge on any atom is -0.495 e. The lowest BCUT2D eigenvalue weighted by molar-refractivity contribution is 0.416. The van der Waals surface area contributed by atoms with Crippen LogP contribution in [0, 0.1) is 25.2 Å². The van der Waals surface area contributed by atoms with Crippen LogP contribution in [0.3, 0.4) is 0 Å². The Morgan fingerprint density at radius 3 is 2.70 bits per heavy atom. The Morgan fingerprint density at radius 1 is 1.30 bits per heavy atom. The van der Waals surface area contributed by atoms with Crippen LogP contribution in [-0.4, -0.2) is 17.3 Å². The molecule has 1 aromatic heterocycles. The number of methoxy groups -OCH3 is 1. The molecule has 0 aliphatic heterocycles. The monoisotopic (exact) mass is 332 g/mol. The van der Waals surface area contributed by atoms with E-state index < -0.39 is 0 Å². The summed E-state index contributed by atoms with van der Waals surface area (Å²) in [6.07, 6.45) is 0. The molecule has 0 amide bonds. The first-order valence-corrected chi connectivity index (χ1v) is 6.70. The smallest absolute Gasteiger partial charge is 0.171 e. The molecule has 102 valence electrons. The quantitative estimate of drug-likeness (QED) is 0.931. The Hall–Kier alpha value is -2.13. The first kappa shape index (κ1) is 14.3. The zero-order chi connectivity index (χ0) is 14.7. The first-order valence-electron chi connectivity index (χ1n) is 5.91. The van der Waals surface area contributed by atoms with E-state index >= 15 is 0 Å². The number of benzene rings is 1. The van der Waals surface area contributed by atoms with E-state index in [1.165, 1.54) is 0 Å². The van der Waals surface area contributed by atoms with Gasteiger partial charge >= 0.3 is 0 Å². The Kier molecular flexibility index (Phi) is 4.20. The fraction of sp³-hybridized carbons (Fsp3) is 0.214. The van der Waals surface area contributed by atoms with Gasteiger partial charge in [0.15, 0.2) is 5.82 Å². The molecule has 1 N–H and O–H groups in total. The van der Waals surface area contributed by atoms with Gasteiger partial charge in [-0.25, -0.2) is 0 Å². The van der Waals surface area contributed by atoms with E-state index in [0.29, 0.717) is 17.1 Å². The number of nitriles is 1. The van der Waals surface area contributed by atoms with Crippen molar-refractivity contribution in [3.8, 4) is 11.8 Å². The highest BCUT2D eigenvalue weighted by Crippen LogP contribution is 2.31. The van der Waals surface area contributed by atoms with Crippen molar-refractivity contribution >= 4 is 27.4 Å². The maximum absolute atomic E-state index is 9.28. The van der Waals surface area contributed by atoms with Gasteiger partial charge in [0.05, 0.1) is 18.5 Å². The summed E-state index contributed by atoms with van der Waals surface area (Å²) in [6, 6.07) is 7.72. The van der Waals surface area contributed by atoms with E-state index in [4.69, 9.17) is 4.74 Å². The summed E-state index contributed by atoms with van der Waals surface area (Å²) in [7, 11) is 1.59. The van der Waals surface area contributed by atoms with Gasteiger partial charge in [-0.3, -0.25) is 0 Å². The SMILES string of the molecule is COc1ccc(Br)cc1Nc1nnc(C)c(C)c1C#N. The minimum absolute atomic E-state index is 0.423. The summed E-state index contributed by atoms with van der Waals surface area (Å²) in [4.78, 5) is 0. The van der Waals surface area contributed by atoms with Gasteiger partial charge in [0.1, 0.15) is 17.4 Å². The number of anilines is 2. The molecule has 0 saturated carbocycles. The molecule has 0 aliphatic carbocycles. The fourth-order valence-electron chi connectivity index (χ4n) is 1.74. The molecule has 0 unspecified atom stereocenters. The van der Waals surface area contributed by atoms with Crippen molar-refractivity contribution in [3.05, 3.63) is 39.5 Å². The van der Waals surface area contributed by atoms with Crippen LogP contribution in [-0.2, 0) is 0 Å². The molecule has 0 saturated heterocycles. The van der Waals surface area contributed by atoms with Crippen molar-refractivity contribution < 1.29 is 4.74 Å². The van der Waals surface area contributed by atoms with Crippen LogP contribution in [0.1, 0.15) is 16.8 Å². The average molecular weight is 333 g/mol. The van der Waals surface area contributed by atoms with Crippen LogP contribution in [0.15, 0.2) is 22.7 Å². The van der Waals surface area contributed by atoms with Gasteiger partial charge in [0.2, 0.25) is 0 Å². The number of rotatable bonds is 3. The largest absolute Gasteiger partial charge is 0.495 e. The molecule has 0 bridgehead atoms. The number of nitrogens with zero attached hydrogens (tertiary/aromatic N) is 3. The number of aryl methyl sites for hydroxylation is 1. The van der Waals surface area contributed by atoms with E-state index in [1.54, 1.807) is 7.11 Å². The highest BCUT2D eigenvalue weighted by atomic mass is 79.9. The molecule has 5 nitrogen and oxygen atoms in total. The number of hydrogen-bond donors (Lipinski definition) is 1. The third-order valence-electron chi connectivity index (χ3n) is 2.98. The number of ether oxygens (including phenoxy) is 1. The molecule has 0 aliphatic rings. The second-order valence-electron chi connectivity index (χ2n) is 4.22. The van der Waals surface area contributed by atoms with E-state index in [1.807, 2.05) is 32.0 Å². The number of aromatic nitrogens is 2. The Balaban J connectivity index is 2.48. The molecule has 2 rings (SSSR count). The molecule has 1 heterocycles. The van der Waals surface area contributed by atoms with Gasteiger partial charge in [0.25, 0.3) is 0 Å². The van der Waals surface area contributed by atoms with Crippen molar-refractivity contribution in [2.24, 2.45) is 0 Å². The van der Waals surface area contributed by atoms with Gasteiger partial charge in [-0.05, 0) is 37.6 Å². The Labute approximate surface area is 125 Å². The Bertz CT molecular complexity index is 694. The minimum atomic E-state index is 0.423. The number of hydrogen-bond acceptors (Lipinski definition) is 5. The fourth-order valence-corrected chi connectivity index (χ4v) is 2.10. The molecule has 1 aromatic carbocycles. The topological polar surface area (TPSA) is 70.8 Å². The van der Waals surface area contributed by atoms with Gasteiger partial charge < -0.3 is 10.1 Å². The standard InChI is InChI=1S/C14H13BrN4O/c1-8-9(2)18-19-14(11(8)7-16)17-12-6-10(15)4-5-13(12)20-3/h4-6H,1-3H3,(H,17,19). The first-order chi connectivity index (χ1) is 9.56. The maximum Gasteiger partial charge on any atom is 0.171 e. The summed E-state index contributed by atoms with van der Waals surface area (Å²) in [5, 5.41) is 20.5. The maximum atomic E-state index is 9.28. The molecule has 20 heavy (non-hydrogen) atoms. The summed E-state index contributed by atoms with van der Waals surface area (Å²) in [5.41, 5.74) is 2.77. The van der Waals surface area contributed by atoms with Crippen LogP contribution >= 0.6 is 15.9 Å². The van der Waals surface area contributed by atoms with Crippen LogP contribution < -0.4 is 10.1 Å². The number of halogens is 1. The lowest BCUT2D eigenvalue weighted by atomic mass is 10.1. The van der Waals surface area contributed by atoms with Crippen LogP contribution in [0.2, 0.25) is 0 Å². The second-order valence-corrected chi connectivity index (χ2v) is 5.13. The van der Waals surface area contributed by atoms with E-state index in [-0.39, 0.29) is 0 Å². The van der Waals surface area contributed by atoms with Crippen molar-refractivity contribution in [2.45, 2.75) is 13.8 Å². The van der Waals surface area contributed by atoms with Crippen molar-refractivity contribution in [2.75, 3.05) is 12.4 Å². The molecule has 0 radical (unpaired) electrons. The van der Waals surface area contributed by atoms with Gasteiger partial charge in [-0.1, -0.05) is 15.9 Å². The number of nitrogens with one attached hydrogen (secondary N) is 1. The van der Waals surface area contributed by atoms with Crippen LogP contribution in [0.4, 0.5) is 11.5 Å². The summed E-state index contributed by atoms with van der Waals surface area (Å²) < 4.78 is 6.18. The van der Waals surface area contributed by atoms with Crippen molar-refractivity contribution in [1.29, 1.82) is 5.26 Å². The molecule has 0 fully saturated rings.